The van der Waals surface area contributed by atoms with E-state index in [-0.39, 0.29) is 12.6 Å². The number of aliphatic hydroxyl groups excluding tert-OH is 1. The summed E-state index contributed by atoms with van der Waals surface area (Å²) in [6.45, 7) is 5.34. The lowest BCUT2D eigenvalue weighted by atomic mass is 9.97. The number of rotatable bonds is 4. The molecule has 0 unspecified atom stereocenters. The lowest BCUT2D eigenvalue weighted by Crippen LogP contribution is -2.38. The predicted molar refractivity (Wildman–Crippen MR) is 62.9 cm³/mol. The Labute approximate surface area is 107 Å². The highest BCUT2D eigenvalue weighted by Gasteiger charge is 2.45. The Morgan fingerprint density at radius 2 is 1.78 bits per heavy atom. The molecule has 0 aromatic carbocycles. The number of ether oxygens (including phenoxy) is 4. The zero-order valence-electron chi connectivity index (χ0n) is 11.5. The molecule has 0 bridgehead atoms. The molecule has 1 aliphatic rings. The second-order valence-electron chi connectivity index (χ2n) is 5.31. The summed E-state index contributed by atoms with van der Waals surface area (Å²) in [6.07, 6.45) is -2.63. The predicted octanol–water partition coefficient (Wildman–Crippen LogP) is 0.323. The van der Waals surface area contributed by atoms with Gasteiger partial charge < -0.3 is 24.1 Å². The highest BCUT2D eigenvalue weighted by Crippen LogP contribution is 2.25. The Morgan fingerprint density at radius 3 is 2.22 bits per heavy atom. The maximum absolute atomic E-state index is 11.6. The molecule has 106 valence electrons. The van der Waals surface area contributed by atoms with Gasteiger partial charge in [0.15, 0.2) is 6.29 Å². The third kappa shape index (κ3) is 3.41. The van der Waals surface area contributed by atoms with Crippen molar-refractivity contribution in [2.75, 3.05) is 20.8 Å². The number of methoxy groups -OCH3 is 2. The van der Waals surface area contributed by atoms with E-state index in [9.17, 15) is 9.90 Å². The zero-order chi connectivity index (χ0) is 13.9. The molecule has 0 saturated carbocycles. The minimum Gasteiger partial charge on any atom is -0.462 e. The zero-order valence-corrected chi connectivity index (χ0v) is 11.5. The fraction of sp³-hybridized carbons (Fsp3) is 0.917. The first-order valence-corrected chi connectivity index (χ1v) is 5.87. The van der Waals surface area contributed by atoms with Crippen LogP contribution in [0.5, 0.6) is 0 Å². The molecule has 0 spiro atoms. The maximum Gasteiger partial charge on any atom is 0.311 e. The van der Waals surface area contributed by atoms with E-state index in [0.717, 1.165) is 0 Å². The molecule has 4 atom stereocenters. The Kier molecular flexibility index (Phi) is 5.10. The van der Waals surface area contributed by atoms with Crippen LogP contribution in [0.3, 0.4) is 0 Å². The van der Waals surface area contributed by atoms with Crippen LogP contribution in [0.15, 0.2) is 0 Å². The average molecular weight is 262 g/mol. The number of aliphatic hydroxyl groups is 1. The van der Waals surface area contributed by atoms with E-state index in [1.54, 1.807) is 20.8 Å². The third-order valence-electron chi connectivity index (χ3n) is 2.82. The average Bonchev–Trinajstić information content (AvgIpc) is 2.59. The highest BCUT2D eigenvalue weighted by atomic mass is 16.7. The van der Waals surface area contributed by atoms with Crippen molar-refractivity contribution in [2.45, 2.75) is 45.4 Å². The lowest BCUT2D eigenvalue weighted by molar-refractivity contribution is -0.165. The van der Waals surface area contributed by atoms with E-state index in [0.29, 0.717) is 0 Å². The summed E-state index contributed by atoms with van der Waals surface area (Å²) in [5, 5.41) is 9.62. The first-order chi connectivity index (χ1) is 8.31. The van der Waals surface area contributed by atoms with Crippen molar-refractivity contribution in [3.63, 3.8) is 0 Å². The van der Waals surface area contributed by atoms with Gasteiger partial charge >= 0.3 is 5.97 Å². The Morgan fingerprint density at radius 1 is 1.22 bits per heavy atom. The molecule has 1 saturated heterocycles. The molecule has 1 rings (SSSR count). The maximum atomic E-state index is 11.6. The SMILES string of the molecule is CO[C@@H]1[C@@H](OC)[C@@H](COC(=O)C(C)(C)C)O[C@H]1O. The van der Waals surface area contributed by atoms with Crippen LogP contribution in [0.1, 0.15) is 20.8 Å². The van der Waals surface area contributed by atoms with Gasteiger partial charge in [0, 0.05) is 14.2 Å². The van der Waals surface area contributed by atoms with Crippen molar-refractivity contribution < 1.29 is 28.8 Å². The Hall–Kier alpha value is -0.690. The van der Waals surface area contributed by atoms with E-state index in [2.05, 4.69) is 0 Å². The van der Waals surface area contributed by atoms with E-state index in [1.807, 2.05) is 0 Å². The Balaban J connectivity index is 2.55. The molecule has 1 aliphatic heterocycles. The van der Waals surface area contributed by atoms with Crippen LogP contribution >= 0.6 is 0 Å². The van der Waals surface area contributed by atoms with Gasteiger partial charge in [-0.25, -0.2) is 0 Å². The molecule has 6 heteroatoms. The summed E-state index contributed by atoms with van der Waals surface area (Å²) in [5.74, 6) is -0.323. The first-order valence-electron chi connectivity index (χ1n) is 5.87. The van der Waals surface area contributed by atoms with Crippen LogP contribution in [0, 0.1) is 5.41 Å². The first kappa shape index (κ1) is 15.4. The van der Waals surface area contributed by atoms with Crippen molar-refractivity contribution in [1.82, 2.24) is 0 Å². The van der Waals surface area contributed by atoms with Crippen molar-refractivity contribution in [3.05, 3.63) is 0 Å². The van der Waals surface area contributed by atoms with E-state index in [1.165, 1.54) is 14.2 Å². The molecule has 1 N–H and O–H groups in total. The van der Waals surface area contributed by atoms with E-state index in [4.69, 9.17) is 18.9 Å². The van der Waals surface area contributed by atoms with E-state index < -0.39 is 30.0 Å². The lowest BCUT2D eigenvalue weighted by Gasteiger charge is -2.22. The van der Waals surface area contributed by atoms with Crippen molar-refractivity contribution in [1.29, 1.82) is 0 Å². The molecule has 18 heavy (non-hydrogen) atoms. The monoisotopic (exact) mass is 262 g/mol. The summed E-state index contributed by atoms with van der Waals surface area (Å²) >= 11 is 0. The number of carbonyl (C=O) groups is 1. The van der Waals surface area contributed by atoms with Gasteiger partial charge in [0.05, 0.1) is 5.41 Å². The number of hydrogen-bond donors (Lipinski definition) is 1. The minimum absolute atomic E-state index is 0.0333. The summed E-state index contributed by atoms with van der Waals surface area (Å²) in [6, 6.07) is 0. The van der Waals surface area contributed by atoms with Gasteiger partial charge in [0.1, 0.15) is 24.9 Å². The fourth-order valence-corrected chi connectivity index (χ4v) is 1.75. The quantitative estimate of drug-likeness (QED) is 0.736. The number of hydrogen-bond acceptors (Lipinski definition) is 6. The summed E-state index contributed by atoms with van der Waals surface area (Å²) in [7, 11) is 2.96. The largest absolute Gasteiger partial charge is 0.462 e. The molecule has 0 radical (unpaired) electrons. The molecule has 6 nitrogen and oxygen atoms in total. The molecule has 1 heterocycles. The van der Waals surface area contributed by atoms with Crippen molar-refractivity contribution in [3.8, 4) is 0 Å². The van der Waals surface area contributed by atoms with Gasteiger partial charge in [-0.1, -0.05) is 0 Å². The topological polar surface area (TPSA) is 74.2 Å². The second kappa shape index (κ2) is 5.97. The van der Waals surface area contributed by atoms with Gasteiger partial charge in [-0.3, -0.25) is 4.79 Å². The molecule has 0 aromatic rings. The Bertz CT molecular complexity index is 285. The summed E-state index contributed by atoms with van der Waals surface area (Å²) in [4.78, 5) is 11.6. The van der Waals surface area contributed by atoms with Crippen LogP contribution in [-0.4, -0.2) is 56.5 Å². The number of esters is 1. The van der Waals surface area contributed by atoms with Crippen molar-refractivity contribution in [2.24, 2.45) is 5.41 Å². The van der Waals surface area contributed by atoms with Crippen LogP contribution in [0.4, 0.5) is 0 Å². The molecule has 1 fully saturated rings. The van der Waals surface area contributed by atoms with Crippen LogP contribution in [-0.2, 0) is 23.7 Å². The normalized spacial score (nSPS) is 32.6. The fourth-order valence-electron chi connectivity index (χ4n) is 1.75. The van der Waals surface area contributed by atoms with Crippen LogP contribution in [0.25, 0.3) is 0 Å². The molecule has 0 amide bonds. The van der Waals surface area contributed by atoms with Crippen LogP contribution < -0.4 is 0 Å². The minimum atomic E-state index is -1.07. The smallest absolute Gasteiger partial charge is 0.311 e. The van der Waals surface area contributed by atoms with Gasteiger partial charge in [-0.2, -0.15) is 0 Å². The van der Waals surface area contributed by atoms with Crippen molar-refractivity contribution >= 4 is 5.97 Å². The number of carbonyl (C=O) groups excluding carboxylic acids is 1. The van der Waals surface area contributed by atoms with Gasteiger partial charge in [-0.15, -0.1) is 0 Å². The third-order valence-corrected chi connectivity index (χ3v) is 2.82. The van der Waals surface area contributed by atoms with Gasteiger partial charge in [0.2, 0.25) is 0 Å². The molecule has 0 aromatic heterocycles. The molecular formula is C12H22O6. The van der Waals surface area contributed by atoms with Gasteiger partial charge in [0.25, 0.3) is 0 Å². The van der Waals surface area contributed by atoms with Crippen LogP contribution in [0.2, 0.25) is 0 Å². The molecular weight excluding hydrogens is 240 g/mol. The van der Waals surface area contributed by atoms with E-state index >= 15 is 0 Å². The summed E-state index contributed by atoms with van der Waals surface area (Å²) < 4.78 is 20.7. The highest BCUT2D eigenvalue weighted by molar-refractivity contribution is 5.75. The summed E-state index contributed by atoms with van der Waals surface area (Å²) in [5.41, 5.74) is -0.569. The second-order valence-corrected chi connectivity index (χ2v) is 5.31. The molecule has 0 aliphatic carbocycles. The standard InChI is InChI=1S/C12H22O6/c1-12(2,3)11(14)17-6-7-8(15-4)9(16-5)10(13)18-7/h7-10,13H,6H2,1-5H3/t7-,8+,9-,10-/m1/s1. The van der Waals surface area contributed by atoms with Gasteiger partial charge in [-0.05, 0) is 20.8 Å².